The fourth-order valence-electron chi connectivity index (χ4n) is 21.5. The quantitative estimate of drug-likeness (QED) is 0.0674. The summed E-state index contributed by atoms with van der Waals surface area (Å²) in [6.45, 7) is 51.5. The van der Waals surface area contributed by atoms with Crippen molar-refractivity contribution in [1.29, 1.82) is 0 Å². The molecule has 0 saturated carbocycles. The van der Waals surface area contributed by atoms with Crippen LogP contribution in [0.3, 0.4) is 0 Å². The van der Waals surface area contributed by atoms with Gasteiger partial charge < -0.3 is 4.42 Å². The van der Waals surface area contributed by atoms with Crippen molar-refractivity contribution in [3.05, 3.63) is 388 Å². The highest BCUT2D eigenvalue weighted by Crippen LogP contribution is 2.49. The number of aromatic nitrogens is 8. The van der Waals surface area contributed by atoms with Crippen LogP contribution in [0.1, 0.15) is 242 Å². The van der Waals surface area contributed by atoms with E-state index in [1.807, 2.05) is 30.4 Å². The molecule has 11 nitrogen and oxygen atoms in total. The normalized spacial score (nSPS) is 12.4. The lowest BCUT2D eigenvalue weighted by molar-refractivity contribution is -0.659. The van der Waals surface area contributed by atoms with E-state index >= 15 is 0 Å². The number of thiophene rings is 1. The number of hydrogen-bond donors (Lipinski definition) is 0. The van der Waals surface area contributed by atoms with Gasteiger partial charge in [-0.15, -0.1) is 11.3 Å². The van der Waals surface area contributed by atoms with E-state index in [4.69, 9.17) is 4.42 Å². The maximum Gasteiger partial charge on any atom is 0.294 e. The molecule has 21 rings (SSSR count). The summed E-state index contributed by atoms with van der Waals surface area (Å²) >= 11 is 1.94. The van der Waals surface area contributed by atoms with E-state index in [0.29, 0.717) is 47.3 Å². The summed E-state index contributed by atoms with van der Waals surface area (Å²) in [5.74, 6) is 7.87. The summed E-state index contributed by atoms with van der Waals surface area (Å²) in [6, 6.07) is 90.5. The Hall–Kier alpha value is -13.9. The smallest absolute Gasteiger partial charge is 0.294 e. The molecule has 0 aliphatic carbocycles. The molecule has 0 unspecified atom stereocenters. The molecule has 0 radical (unpaired) electrons. The first-order valence-electron chi connectivity index (χ1n) is 50.8. The van der Waals surface area contributed by atoms with E-state index < -0.39 is 0 Å². The second-order valence-electron chi connectivity index (χ2n) is 41.4. The topological polar surface area (TPSA) is 54.9 Å². The molecule has 1 aliphatic rings. The fourth-order valence-corrected chi connectivity index (χ4v) is 22.9. The Kier molecular flexibility index (Phi) is 28.8. The number of fused-ring (bicyclic) bond motifs is 12. The first-order chi connectivity index (χ1) is 67.6. The lowest BCUT2D eigenvalue weighted by atomic mass is 9.88. The van der Waals surface area contributed by atoms with Crippen LogP contribution in [-0.4, -0.2) is 48.8 Å². The van der Waals surface area contributed by atoms with Crippen LogP contribution in [0.25, 0.3) is 132 Å². The third kappa shape index (κ3) is 18.8. The predicted octanol–water partition coefficient (Wildman–Crippen LogP) is 31.5. The van der Waals surface area contributed by atoms with Gasteiger partial charge in [-0.25, -0.2) is 27.6 Å². The van der Waals surface area contributed by atoms with Gasteiger partial charge in [0.1, 0.15) is 107 Å². The Morgan fingerprint density at radius 1 is 0.355 bits per heavy atom. The number of pyridine rings is 1. The van der Waals surface area contributed by atoms with Crippen LogP contribution < -0.4 is 23.0 Å². The minimum Gasteiger partial charge on any atom is -0.456 e. The second kappa shape index (κ2) is 41.1. The first-order valence-corrected chi connectivity index (χ1v) is 51.6. The molecule has 0 atom stereocenters. The van der Waals surface area contributed by atoms with Crippen molar-refractivity contribution in [2.75, 3.05) is 25.0 Å². The van der Waals surface area contributed by atoms with Crippen LogP contribution in [0.4, 0.5) is 10.1 Å². The number of benzene rings is 13. The summed E-state index contributed by atoms with van der Waals surface area (Å²) in [7, 11) is 10.7. The monoisotopic (exact) mass is 1890 g/mol. The van der Waals surface area contributed by atoms with E-state index in [1.54, 1.807) is 12.1 Å². The van der Waals surface area contributed by atoms with Gasteiger partial charge in [0, 0.05) is 93.1 Å². The minimum absolute atomic E-state index is 0.176. The highest BCUT2D eigenvalue weighted by Gasteiger charge is 2.39. The summed E-state index contributed by atoms with van der Waals surface area (Å²) < 4.78 is 43.8. The Labute approximate surface area is 839 Å². The Bertz CT molecular complexity index is 7830. The van der Waals surface area contributed by atoms with E-state index in [-0.39, 0.29) is 5.82 Å². The molecule has 0 amide bonds. The molecule has 141 heavy (non-hydrogen) atoms. The van der Waals surface area contributed by atoms with Gasteiger partial charge in [0.25, 0.3) is 29.0 Å². The Balaban J connectivity index is 0.000000122. The molecule has 20 aromatic rings. The van der Waals surface area contributed by atoms with Crippen molar-refractivity contribution < 1.29 is 31.5 Å². The third-order valence-corrected chi connectivity index (χ3v) is 30.1. The number of hydrogen-bond acceptors (Lipinski definition) is 3. The number of halogens is 1. The van der Waals surface area contributed by atoms with E-state index in [2.05, 4.69) is 500 Å². The van der Waals surface area contributed by atoms with Crippen LogP contribution in [-0.2, 0) is 28.2 Å². The maximum atomic E-state index is 13.7. The lowest BCUT2D eigenvalue weighted by Gasteiger charge is -2.24. The average Bonchev–Trinajstić information content (AvgIpc) is 1.59. The second-order valence-corrected chi connectivity index (χ2v) is 42.5. The van der Waals surface area contributed by atoms with Crippen LogP contribution in [0, 0.1) is 47.4 Å². The van der Waals surface area contributed by atoms with E-state index in [9.17, 15) is 4.39 Å². The number of para-hydroxylation sites is 3. The molecule has 0 saturated heterocycles. The maximum absolute atomic E-state index is 13.7. The van der Waals surface area contributed by atoms with Crippen molar-refractivity contribution in [3.8, 4) is 62.4 Å². The predicted molar refractivity (Wildman–Crippen MR) is 593 cm³/mol. The van der Waals surface area contributed by atoms with Crippen molar-refractivity contribution in [2.24, 2.45) is 28.2 Å². The van der Waals surface area contributed by atoms with Gasteiger partial charge in [-0.2, -0.15) is 18.1 Å². The average molecular weight is 1890 g/mol. The number of likely N-dealkylation sites (N-methyl/N-ethyl adjacent to an activating group) is 1. The SMILES string of the molecule is Cc1cc(F)ccc1C1=[N+](C)CCN1c1c(C(C)C)cccc1C(C)C.Cc1cccc2c3ccccc3[n+]3cc(C)n(C)c3c12.Cc1ccccc1-c1n(-c2c(C(C)C)cc(-c3ccccc3)cc2C(C)C)cc[n+]1C.Cc1ccccc1-c1n(-c2c(C(C)C)cc3c(oc4ccccc43)c2C(C)C)cc[n+]1C.Cc1ccccc1-c1n(-c2c(C(C)C)cc3c(sc4ccccc43)c2C(C)C)cc[n+]1C. The molecule has 7 aromatic heterocycles. The van der Waals surface area contributed by atoms with Gasteiger partial charge in [0.05, 0.1) is 62.9 Å². The van der Waals surface area contributed by atoms with Crippen LogP contribution in [0.15, 0.2) is 303 Å². The van der Waals surface area contributed by atoms with Gasteiger partial charge >= 0.3 is 0 Å². The lowest BCUT2D eigenvalue weighted by Crippen LogP contribution is -2.32. The van der Waals surface area contributed by atoms with Crippen LogP contribution >= 0.6 is 11.3 Å². The molecule has 0 N–H and O–H groups in total. The summed E-state index contributed by atoms with van der Waals surface area (Å²) in [5.41, 5.74) is 35.7. The zero-order valence-electron chi connectivity index (χ0n) is 88.0. The van der Waals surface area contributed by atoms with Crippen molar-refractivity contribution in [1.82, 2.24) is 18.3 Å². The van der Waals surface area contributed by atoms with Gasteiger partial charge in [-0.3, -0.25) is 4.58 Å². The van der Waals surface area contributed by atoms with Gasteiger partial charge in [0.15, 0.2) is 0 Å². The fraction of sp³-hybridized carbons (Fsp3) is 0.289. The highest BCUT2D eigenvalue weighted by atomic mass is 32.1. The van der Waals surface area contributed by atoms with Crippen LogP contribution in [0.2, 0.25) is 0 Å². The first kappa shape index (κ1) is 98.7. The Morgan fingerprint density at radius 3 is 1.31 bits per heavy atom. The third-order valence-electron chi connectivity index (χ3n) is 28.9. The molecule has 1 aliphatic heterocycles. The zero-order chi connectivity index (χ0) is 100. The van der Waals surface area contributed by atoms with Crippen molar-refractivity contribution in [3.63, 3.8) is 0 Å². The Morgan fingerprint density at radius 2 is 0.794 bits per heavy atom. The minimum atomic E-state index is -0.176. The molecule has 0 fully saturated rings. The number of amidine groups is 1. The summed E-state index contributed by atoms with van der Waals surface area (Å²) in [4.78, 5) is 2.45. The molecular formula is C128H142FN10OS+5. The number of aryl methyl sites for hydroxylation is 10. The molecule has 0 spiro atoms. The van der Waals surface area contributed by atoms with E-state index in [0.717, 1.165) is 35.4 Å². The number of imidazole rings is 4. The zero-order valence-corrected chi connectivity index (χ0v) is 88.8. The van der Waals surface area contributed by atoms with Crippen molar-refractivity contribution in [2.45, 2.75) is 200 Å². The highest BCUT2D eigenvalue weighted by molar-refractivity contribution is 7.26. The van der Waals surface area contributed by atoms with Gasteiger partial charge in [0.2, 0.25) is 0 Å². The molecule has 13 heteroatoms. The van der Waals surface area contributed by atoms with Gasteiger partial charge in [-0.1, -0.05) is 287 Å². The molecule has 13 aromatic carbocycles. The van der Waals surface area contributed by atoms with Crippen molar-refractivity contribution >= 4 is 92.3 Å². The molecule has 8 heterocycles. The summed E-state index contributed by atoms with van der Waals surface area (Å²) in [5, 5.41) is 9.18. The number of anilines is 1. The molecule has 0 bridgehead atoms. The number of nitrogens with zero attached hydrogens (tertiary/aromatic N) is 10. The van der Waals surface area contributed by atoms with Gasteiger partial charge in [-0.05, 0) is 200 Å². The molecule has 718 valence electrons. The van der Waals surface area contributed by atoms with E-state index in [1.165, 1.54) is 205 Å². The largest absolute Gasteiger partial charge is 0.456 e. The summed E-state index contributed by atoms with van der Waals surface area (Å²) in [6.07, 6.45) is 15.4. The number of furan rings is 1. The standard InChI is InChI=1S/C29H31N2O.C29H31N2S.C29H33N2.C23H30FN2.C18H17N2/c2*1-18(2)23-17-24-22-13-9-10-14-25(22)32-28(24)26(19(3)4)27(23)31-16-15-30(6)29(31)21-12-8-7-11-20(21)5;1-20(2)26-18-24(23-13-8-7-9-14-23)19-27(21(3)4)28(26)31-17-16-30(6)29(31)25-15-11-10-12-22(25)5;1-15(2)19-8-7-9-20(16(3)4)22(19)26-13-12-25(6)23(26)21-11-10-18(24)14-17(21)5;1-12-7-6-9-15-14-8-4-5-10-16(14)20-11-13(2)19(3)18(20)17(12)15/h2*7-19H,1-6H3;7-21H,1-6H3;7-11,14-16H,12-13H2,1-6H3;4-11H,1-3H3/q5*+1. The van der Waals surface area contributed by atoms with Crippen LogP contribution in [0.5, 0.6) is 0 Å². The molecular weight excluding hydrogens is 1740 g/mol. The number of rotatable bonds is 17.